The number of H-pyrrole nitrogens is 1. The fraction of sp³-hybridized carbons (Fsp3) is 0.400. The van der Waals surface area contributed by atoms with Gasteiger partial charge in [0.05, 0.1) is 17.2 Å². The van der Waals surface area contributed by atoms with Gasteiger partial charge >= 0.3 is 0 Å². The summed E-state index contributed by atoms with van der Waals surface area (Å²) in [4.78, 5) is 16.1. The molecule has 0 aliphatic heterocycles. The SMILES string of the molecule is CC(C)CS(=O)(=O)CCNC(=O)c1cc(-c2ccccn2)n[nH]1. The molecule has 124 valence electrons. The van der Waals surface area contributed by atoms with Crippen molar-refractivity contribution in [2.45, 2.75) is 13.8 Å². The van der Waals surface area contributed by atoms with Crippen molar-refractivity contribution in [2.24, 2.45) is 5.92 Å². The number of sulfone groups is 1. The highest BCUT2D eigenvalue weighted by Gasteiger charge is 2.15. The average Bonchev–Trinajstić information content (AvgIpc) is 2.96. The molecule has 0 fully saturated rings. The number of rotatable bonds is 7. The molecule has 0 aromatic carbocycles. The van der Waals surface area contributed by atoms with Gasteiger partial charge in [-0.3, -0.25) is 14.9 Å². The van der Waals surface area contributed by atoms with Crippen LogP contribution in [-0.2, 0) is 9.84 Å². The number of hydrogen-bond acceptors (Lipinski definition) is 5. The molecule has 0 spiro atoms. The van der Waals surface area contributed by atoms with Gasteiger partial charge in [0.1, 0.15) is 11.4 Å². The van der Waals surface area contributed by atoms with E-state index in [4.69, 9.17) is 0 Å². The van der Waals surface area contributed by atoms with Crippen molar-refractivity contribution in [1.82, 2.24) is 20.5 Å². The summed E-state index contributed by atoms with van der Waals surface area (Å²) < 4.78 is 23.5. The Morgan fingerprint density at radius 1 is 1.30 bits per heavy atom. The normalized spacial score (nSPS) is 11.6. The van der Waals surface area contributed by atoms with Crippen LogP contribution in [-0.4, -0.2) is 47.6 Å². The Bertz CT molecular complexity index is 754. The van der Waals surface area contributed by atoms with Gasteiger partial charge in [0.25, 0.3) is 5.91 Å². The Hall–Kier alpha value is -2.22. The number of pyridine rings is 1. The zero-order chi connectivity index (χ0) is 16.9. The number of nitrogens with zero attached hydrogens (tertiary/aromatic N) is 2. The van der Waals surface area contributed by atoms with Crippen LogP contribution in [0.3, 0.4) is 0 Å². The highest BCUT2D eigenvalue weighted by Crippen LogP contribution is 2.13. The lowest BCUT2D eigenvalue weighted by Gasteiger charge is -2.07. The molecule has 2 heterocycles. The van der Waals surface area contributed by atoms with E-state index >= 15 is 0 Å². The average molecular weight is 336 g/mol. The predicted molar refractivity (Wildman–Crippen MR) is 87.6 cm³/mol. The summed E-state index contributed by atoms with van der Waals surface area (Å²) >= 11 is 0. The third-order valence-electron chi connectivity index (χ3n) is 3.04. The minimum Gasteiger partial charge on any atom is -0.350 e. The molecule has 0 aliphatic rings. The van der Waals surface area contributed by atoms with Crippen molar-refractivity contribution < 1.29 is 13.2 Å². The molecular weight excluding hydrogens is 316 g/mol. The van der Waals surface area contributed by atoms with E-state index < -0.39 is 9.84 Å². The van der Waals surface area contributed by atoms with E-state index in [1.54, 1.807) is 24.4 Å². The topological polar surface area (TPSA) is 105 Å². The van der Waals surface area contributed by atoms with Crippen molar-refractivity contribution in [3.8, 4) is 11.4 Å². The van der Waals surface area contributed by atoms with Crippen molar-refractivity contribution in [3.05, 3.63) is 36.2 Å². The van der Waals surface area contributed by atoms with Crippen molar-refractivity contribution in [2.75, 3.05) is 18.1 Å². The van der Waals surface area contributed by atoms with Crippen molar-refractivity contribution in [3.63, 3.8) is 0 Å². The molecule has 1 amide bonds. The second-order valence-corrected chi connectivity index (χ2v) is 7.87. The first-order chi connectivity index (χ1) is 10.9. The highest BCUT2D eigenvalue weighted by molar-refractivity contribution is 7.91. The van der Waals surface area contributed by atoms with E-state index in [-0.39, 0.29) is 35.6 Å². The van der Waals surface area contributed by atoms with Gasteiger partial charge in [-0.25, -0.2) is 8.42 Å². The first-order valence-electron chi connectivity index (χ1n) is 7.33. The lowest BCUT2D eigenvalue weighted by molar-refractivity contribution is 0.0951. The van der Waals surface area contributed by atoms with Crippen LogP contribution in [0.5, 0.6) is 0 Å². The second kappa shape index (κ2) is 7.36. The molecule has 0 bridgehead atoms. The van der Waals surface area contributed by atoms with Crippen LogP contribution >= 0.6 is 0 Å². The number of hydrogen-bond donors (Lipinski definition) is 2. The predicted octanol–water partition coefficient (Wildman–Crippen LogP) is 1.27. The molecule has 2 aromatic rings. The van der Waals surface area contributed by atoms with Gasteiger partial charge in [0, 0.05) is 12.7 Å². The van der Waals surface area contributed by atoms with E-state index in [1.165, 1.54) is 0 Å². The number of carbonyl (C=O) groups is 1. The van der Waals surface area contributed by atoms with E-state index in [9.17, 15) is 13.2 Å². The molecule has 23 heavy (non-hydrogen) atoms. The third kappa shape index (κ3) is 5.17. The maximum atomic E-state index is 12.0. The molecule has 0 unspecified atom stereocenters. The van der Waals surface area contributed by atoms with Crippen LogP contribution in [0.1, 0.15) is 24.3 Å². The van der Waals surface area contributed by atoms with Gasteiger partial charge in [0.2, 0.25) is 0 Å². The molecule has 8 heteroatoms. The lowest BCUT2D eigenvalue weighted by Crippen LogP contribution is -2.30. The Balaban J connectivity index is 1.91. The molecule has 7 nitrogen and oxygen atoms in total. The van der Waals surface area contributed by atoms with Crippen LogP contribution in [0, 0.1) is 5.92 Å². The molecule has 0 saturated heterocycles. The fourth-order valence-corrected chi connectivity index (χ4v) is 3.69. The Labute approximate surface area is 135 Å². The Morgan fingerprint density at radius 3 is 2.74 bits per heavy atom. The van der Waals surface area contributed by atoms with Crippen LogP contribution in [0.15, 0.2) is 30.5 Å². The van der Waals surface area contributed by atoms with Crippen LogP contribution in [0.4, 0.5) is 0 Å². The van der Waals surface area contributed by atoms with E-state index in [0.29, 0.717) is 11.4 Å². The molecule has 2 aromatic heterocycles. The summed E-state index contributed by atoms with van der Waals surface area (Å²) in [5.41, 5.74) is 1.48. The summed E-state index contributed by atoms with van der Waals surface area (Å²) in [6, 6.07) is 6.99. The van der Waals surface area contributed by atoms with Crippen molar-refractivity contribution in [1.29, 1.82) is 0 Å². The van der Waals surface area contributed by atoms with Gasteiger partial charge in [-0.1, -0.05) is 19.9 Å². The van der Waals surface area contributed by atoms with E-state index in [2.05, 4.69) is 20.5 Å². The van der Waals surface area contributed by atoms with Gasteiger partial charge in [-0.2, -0.15) is 5.10 Å². The smallest absolute Gasteiger partial charge is 0.269 e. The minimum absolute atomic E-state index is 0.0713. The molecule has 0 saturated carbocycles. The quantitative estimate of drug-likeness (QED) is 0.792. The minimum atomic E-state index is -3.15. The van der Waals surface area contributed by atoms with Crippen LogP contribution < -0.4 is 5.32 Å². The highest BCUT2D eigenvalue weighted by atomic mass is 32.2. The first kappa shape index (κ1) is 17.1. The largest absolute Gasteiger partial charge is 0.350 e. The zero-order valence-corrected chi connectivity index (χ0v) is 13.9. The summed E-state index contributed by atoms with van der Waals surface area (Å²) in [5, 5.41) is 9.25. The maximum absolute atomic E-state index is 12.0. The summed E-state index contributed by atoms with van der Waals surface area (Å²) in [6.07, 6.45) is 1.64. The van der Waals surface area contributed by atoms with Crippen molar-refractivity contribution >= 4 is 15.7 Å². The van der Waals surface area contributed by atoms with Gasteiger partial charge in [0.15, 0.2) is 9.84 Å². The number of amides is 1. The molecular formula is C15H20N4O3S. The molecule has 0 radical (unpaired) electrons. The number of nitrogens with one attached hydrogen (secondary N) is 2. The second-order valence-electron chi connectivity index (χ2n) is 5.65. The number of aromatic amines is 1. The molecule has 2 rings (SSSR count). The molecule has 0 aliphatic carbocycles. The van der Waals surface area contributed by atoms with Crippen LogP contribution in [0.25, 0.3) is 11.4 Å². The third-order valence-corrected chi connectivity index (χ3v) is 5.04. The fourth-order valence-electron chi connectivity index (χ4n) is 2.09. The van der Waals surface area contributed by atoms with Gasteiger partial charge in [-0.15, -0.1) is 0 Å². The lowest BCUT2D eigenvalue weighted by atomic mass is 10.2. The summed E-state index contributed by atoms with van der Waals surface area (Å²) in [6.45, 7) is 3.77. The van der Waals surface area contributed by atoms with Crippen LogP contribution in [0.2, 0.25) is 0 Å². The number of aromatic nitrogens is 3. The maximum Gasteiger partial charge on any atom is 0.269 e. The Kier molecular flexibility index (Phi) is 5.49. The van der Waals surface area contributed by atoms with E-state index in [1.807, 2.05) is 19.9 Å². The standard InChI is InChI=1S/C15H20N4O3S/c1-11(2)10-23(21,22)8-7-17-15(20)14-9-13(18-19-14)12-5-3-4-6-16-12/h3-6,9,11H,7-8,10H2,1-2H3,(H,17,20)(H,18,19). The van der Waals surface area contributed by atoms with E-state index in [0.717, 1.165) is 0 Å². The van der Waals surface area contributed by atoms with Gasteiger partial charge in [-0.05, 0) is 24.1 Å². The first-order valence-corrected chi connectivity index (χ1v) is 9.15. The molecule has 0 atom stereocenters. The summed E-state index contributed by atoms with van der Waals surface area (Å²) in [5.74, 6) is -0.266. The molecule has 2 N–H and O–H groups in total. The monoisotopic (exact) mass is 336 g/mol. The summed E-state index contributed by atoms with van der Waals surface area (Å²) in [7, 11) is -3.15. The van der Waals surface area contributed by atoms with Gasteiger partial charge < -0.3 is 5.32 Å². The zero-order valence-electron chi connectivity index (χ0n) is 13.1. The Morgan fingerprint density at radius 2 is 2.09 bits per heavy atom. The number of carbonyl (C=O) groups excluding carboxylic acids is 1.